The summed E-state index contributed by atoms with van der Waals surface area (Å²) in [5.41, 5.74) is 1.91. The smallest absolute Gasteiger partial charge is 0.176 e. The highest BCUT2D eigenvalue weighted by molar-refractivity contribution is 5.98. The summed E-state index contributed by atoms with van der Waals surface area (Å²) < 4.78 is 5.45. The van der Waals surface area contributed by atoms with Crippen LogP contribution in [0.2, 0.25) is 0 Å². The minimum absolute atomic E-state index is 0.157. The Balaban J connectivity index is 1.82. The number of nitrogens with zero attached hydrogens (tertiary/aromatic N) is 1. The topological polar surface area (TPSA) is 49.8 Å². The molecule has 20 heavy (non-hydrogen) atoms. The Morgan fingerprint density at radius 3 is 3.00 bits per heavy atom. The van der Waals surface area contributed by atoms with Gasteiger partial charge in [0.05, 0.1) is 13.2 Å². The second-order valence-electron chi connectivity index (χ2n) is 5.37. The maximum atomic E-state index is 12.2. The molecule has 0 spiro atoms. The zero-order valence-electron chi connectivity index (χ0n) is 12.1. The van der Waals surface area contributed by atoms with Gasteiger partial charge in [0.25, 0.3) is 0 Å². The number of hydrogen-bond donors (Lipinski definition) is 1. The summed E-state index contributed by atoms with van der Waals surface area (Å²) in [7, 11) is 1.97. The van der Waals surface area contributed by atoms with Crippen molar-refractivity contribution in [2.75, 3.05) is 33.4 Å². The predicted molar refractivity (Wildman–Crippen MR) is 78.4 cm³/mol. The zero-order valence-corrected chi connectivity index (χ0v) is 12.1. The minimum Gasteiger partial charge on any atom is -0.493 e. The molecule has 0 fully saturated rings. The molecule has 0 unspecified atom stereocenters. The van der Waals surface area contributed by atoms with Gasteiger partial charge in [-0.3, -0.25) is 9.69 Å². The molecule has 0 saturated carbocycles. The van der Waals surface area contributed by atoms with E-state index in [1.807, 2.05) is 30.1 Å². The van der Waals surface area contributed by atoms with Crippen LogP contribution in [0, 0.1) is 0 Å². The van der Waals surface area contributed by atoms with Crippen LogP contribution >= 0.6 is 0 Å². The molecule has 0 aliphatic carbocycles. The minimum atomic E-state index is 0.157. The average Bonchev–Trinajstić information content (AvgIpc) is 2.90. The van der Waals surface area contributed by atoms with Gasteiger partial charge >= 0.3 is 0 Å². The Morgan fingerprint density at radius 1 is 1.35 bits per heavy atom. The Morgan fingerprint density at radius 2 is 2.20 bits per heavy atom. The summed E-state index contributed by atoms with van der Waals surface area (Å²) in [5, 5.41) is 8.72. The Hall–Kier alpha value is -1.39. The molecule has 0 atom stereocenters. The highest BCUT2D eigenvalue weighted by atomic mass is 16.5. The zero-order chi connectivity index (χ0) is 14.4. The van der Waals surface area contributed by atoms with Crippen LogP contribution in [0.3, 0.4) is 0 Å². The molecular weight excluding hydrogens is 254 g/mol. The van der Waals surface area contributed by atoms with Gasteiger partial charge in [-0.2, -0.15) is 0 Å². The van der Waals surface area contributed by atoms with E-state index in [-0.39, 0.29) is 12.4 Å². The standard InChI is InChI=1S/C16H23NO3/c1-17(8-3-2-4-9-18)12-15(19)13-5-6-16-14(11-13)7-10-20-16/h5-6,11,18H,2-4,7-10,12H2,1H3. The van der Waals surface area contributed by atoms with E-state index in [4.69, 9.17) is 9.84 Å². The lowest BCUT2D eigenvalue weighted by atomic mass is 10.1. The SMILES string of the molecule is CN(CCCCCO)CC(=O)c1ccc2c(c1)CCO2. The van der Waals surface area contributed by atoms with Gasteiger partial charge in [0.1, 0.15) is 5.75 Å². The van der Waals surface area contributed by atoms with E-state index in [9.17, 15) is 4.79 Å². The van der Waals surface area contributed by atoms with Gasteiger partial charge in [0.2, 0.25) is 0 Å². The molecule has 4 heteroatoms. The highest BCUT2D eigenvalue weighted by Gasteiger charge is 2.15. The van der Waals surface area contributed by atoms with E-state index in [0.717, 1.165) is 55.7 Å². The van der Waals surface area contributed by atoms with Crippen molar-refractivity contribution < 1.29 is 14.6 Å². The molecule has 1 aromatic rings. The first-order valence-corrected chi connectivity index (χ1v) is 7.29. The Bertz CT molecular complexity index is 459. The van der Waals surface area contributed by atoms with Gasteiger partial charge in [-0.15, -0.1) is 0 Å². The number of rotatable bonds is 8. The lowest BCUT2D eigenvalue weighted by Gasteiger charge is -2.15. The van der Waals surface area contributed by atoms with Crippen LogP contribution < -0.4 is 4.74 Å². The van der Waals surface area contributed by atoms with Crippen molar-refractivity contribution in [3.05, 3.63) is 29.3 Å². The number of aliphatic hydroxyl groups is 1. The third-order valence-electron chi connectivity index (χ3n) is 3.62. The summed E-state index contributed by atoms with van der Waals surface area (Å²) in [5.74, 6) is 1.07. The van der Waals surface area contributed by atoms with Gasteiger partial charge in [-0.25, -0.2) is 0 Å². The third kappa shape index (κ3) is 4.05. The number of carbonyl (C=O) groups excluding carboxylic acids is 1. The number of hydrogen-bond acceptors (Lipinski definition) is 4. The van der Waals surface area contributed by atoms with Crippen molar-refractivity contribution in [3.8, 4) is 5.75 Å². The first-order valence-electron chi connectivity index (χ1n) is 7.29. The van der Waals surface area contributed by atoms with E-state index in [1.54, 1.807) is 0 Å². The van der Waals surface area contributed by atoms with Crippen molar-refractivity contribution in [1.29, 1.82) is 0 Å². The number of ether oxygens (including phenoxy) is 1. The number of benzene rings is 1. The summed E-state index contributed by atoms with van der Waals surface area (Å²) in [6.07, 6.45) is 3.76. The average molecular weight is 277 g/mol. The summed E-state index contributed by atoms with van der Waals surface area (Å²) in [6, 6.07) is 5.72. The maximum Gasteiger partial charge on any atom is 0.176 e. The van der Waals surface area contributed by atoms with Crippen LogP contribution in [0.25, 0.3) is 0 Å². The van der Waals surface area contributed by atoms with Crippen LogP contribution in [-0.4, -0.2) is 49.1 Å². The van der Waals surface area contributed by atoms with Crippen LogP contribution in [0.5, 0.6) is 5.75 Å². The highest BCUT2D eigenvalue weighted by Crippen LogP contribution is 2.26. The van der Waals surface area contributed by atoms with E-state index in [2.05, 4.69) is 0 Å². The number of likely N-dealkylation sites (N-methyl/N-ethyl adjacent to an activating group) is 1. The Kier molecular flexibility index (Phi) is 5.56. The van der Waals surface area contributed by atoms with Gasteiger partial charge in [-0.05, 0) is 56.6 Å². The number of unbranched alkanes of at least 4 members (excludes halogenated alkanes) is 2. The van der Waals surface area contributed by atoms with Crippen LogP contribution in [0.1, 0.15) is 35.2 Å². The molecule has 1 heterocycles. The van der Waals surface area contributed by atoms with E-state index in [1.165, 1.54) is 0 Å². The maximum absolute atomic E-state index is 12.2. The predicted octanol–water partition coefficient (Wildman–Crippen LogP) is 1.90. The molecule has 4 nitrogen and oxygen atoms in total. The number of carbonyl (C=O) groups is 1. The fourth-order valence-electron chi connectivity index (χ4n) is 2.45. The fourth-order valence-corrected chi connectivity index (χ4v) is 2.45. The van der Waals surface area contributed by atoms with Crippen molar-refractivity contribution in [1.82, 2.24) is 4.90 Å². The second-order valence-corrected chi connectivity index (χ2v) is 5.37. The first-order chi connectivity index (χ1) is 9.70. The normalized spacial score (nSPS) is 13.3. The second kappa shape index (κ2) is 7.41. The molecule has 1 N–H and O–H groups in total. The van der Waals surface area contributed by atoms with E-state index >= 15 is 0 Å². The van der Waals surface area contributed by atoms with E-state index < -0.39 is 0 Å². The molecule has 1 aromatic carbocycles. The molecule has 0 amide bonds. The lowest BCUT2D eigenvalue weighted by Crippen LogP contribution is -2.27. The molecule has 0 saturated heterocycles. The molecule has 110 valence electrons. The van der Waals surface area contributed by atoms with Crippen LogP contribution in [0.15, 0.2) is 18.2 Å². The largest absolute Gasteiger partial charge is 0.493 e. The van der Waals surface area contributed by atoms with Crippen molar-refractivity contribution >= 4 is 5.78 Å². The van der Waals surface area contributed by atoms with Gasteiger partial charge in [0.15, 0.2) is 5.78 Å². The fraction of sp³-hybridized carbons (Fsp3) is 0.562. The quantitative estimate of drug-likeness (QED) is 0.582. The van der Waals surface area contributed by atoms with Gasteiger partial charge in [0, 0.05) is 18.6 Å². The summed E-state index contributed by atoms with van der Waals surface area (Å²) in [4.78, 5) is 14.3. The molecule has 0 radical (unpaired) electrons. The first kappa shape index (κ1) is 15.0. The molecule has 1 aliphatic heterocycles. The number of aliphatic hydroxyl groups excluding tert-OH is 1. The number of Topliss-reactive ketones (excluding diaryl/α,β-unsaturated/α-hetero) is 1. The number of fused-ring (bicyclic) bond motifs is 1. The summed E-state index contributed by atoms with van der Waals surface area (Å²) >= 11 is 0. The monoisotopic (exact) mass is 277 g/mol. The van der Waals surface area contributed by atoms with Gasteiger partial charge < -0.3 is 9.84 Å². The lowest BCUT2D eigenvalue weighted by molar-refractivity contribution is 0.0945. The molecule has 0 bridgehead atoms. The molecule has 0 aromatic heterocycles. The van der Waals surface area contributed by atoms with Crippen LogP contribution in [-0.2, 0) is 6.42 Å². The van der Waals surface area contributed by atoms with Crippen molar-refractivity contribution in [2.24, 2.45) is 0 Å². The Labute approximate surface area is 120 Å². The van der Waals surface area contributed by atoms with Crippen LogP contribution in [0.4, 0.5) is 0 Å². The molecular formula is C16H23NO3. The molecule has 2 rings (SSSR count). The van der Waals surface area contributed by atoms with Gasteiger partial charge in [-0.1, -0.05) is 0 Å². The van der Waals surface area contributed by atoms with E-state index in [0.29, 0.717) is 6.54 Å². The van der Waals surface area contributed by atoms with Crippen molar-refractivity contribution in [3.63, 3.8) is 0 Å². The summed E-state index contributed by atoms with van der Waals surface area (Å²) in [6.45, 7) is 2.30. The third-order valence-corrected chi connectivity index (χ3v) is 3.62. The molecule has 1 aliphatic rings. The van der Waals surface area contributed by atoms with Crippen molar-refractivity contribution in [2.45, 2.75) is 25.7 Å². The number of ketones is 1.